The van der Waals surface area contributed by atoms with Crippen LogP contribution in [0, 0.1) is 5.92 Å². The van der Waals surface area contributed by atoms with Crippen LogP contribution in [0.1, 0.15) is 12.0 Å². The summed E-state index contributed by atoms with van der Waals surface area (Å²) in [5, 5.41) is 0. The Morgan fingerprint density at radius 2 is 2.00 bits per heavy atom. The van der Waals surface area contributed by atoms with Crippen molar-refractivity contribution in [1.29, 1.82) is 0 Å². The van der Waals surface area contributed by atoms with Crippen LogP contribution in [0.15, 0.2) is 43.0 Å². The highest BCUT2D eigenvalue weighted by atomic mass is 35.5. The Labute approximate surface area is 85.2 Å². The van der Waals surface area contributed by atoms with Crippen molar-refractivity contribution in [3.8, 4) is 0 Å². The van der Waals surface area contributed by atoms with Crippen LogP contribution >= 0.6 is 11.6 Å². The Kier molecular flexibility index (Phi) is 4.63. The average Bonchev–Trinajstić information content (AvgIpc) is 2.21. The second-order valence-corrected chi connectivity index (χ2v) is 3.48. The molecule has 1 aromatic rings. The lowest BCUT2D eigenvalue weighted by Gasteiger charge is -2.07. The van der Waals surface area contributed by atoms with E-state index in [1.54, 1.807) is 0 Å². The van der Waals surface area contributed by atoms with Crippen LogP contribution in [-0.4, -0.2) is 5.88 Å². The van der Waals surface area contributed by atoms with E-state index in [1.807, 2.05) is 12.1 Å². The first-order valence-electron chi connectivity index (χ1n) is 4.59. The zero-order chi connectivity index (χ0) is 9.52. The molecule has 0 nitrogen and oxygen atoms in total. The van der Waals surface area contributed by atoms with Crippen molar-refractivity contribution < 1.29 is 0 Å². The maximum absolute atomic E-state index is 5.76. The summed E-state index contributed by atoms with van der Waals surface area (Å²) in [6.07, 6.45) is 4.12. The molecule has 0 fully saturated rings. The van der Waals surface area contributed by atoms with Crippen LogP contribution in [-0.2, 0) is 6.42 Å². The summed E-state index contributed by atoms with van der Waals surface area (Å²) in [5.41, 5.74) is 1.37. The van der Waals surface area contributed by atoms with E-state index in [0.29, 0.717) is 11.8 Å². The van der Waals surface area contributed by atoms with Crippen molar-refractivity contribution in [1.82, 2.24) is 0 Å². The number of halogens is 1. The first-order valence-corrected chi connectivity index (χ1v) is 5.12. The number of hydrogen-bond acceptors (Lipinski definition) is 0. The van der Waals surface area contributed by atoms with E-state index in [1.165, 1.54) is 5.56 Å². The van der Waals surface area contributed by atoms with Gasteiger partial charge < -0.3 is 0 Å². The second kappa shape index (κ2) is 5.82. The molecule has 0 heterocycles. The molecule has 1 aromatic carbocycles. The van der Waals surface area contributed by atoms with E-state index in [2.05, 4.69) is 30.8 Å². The molecule has 13 heavy (non-hydrogen) atoms. The fourth-order valence-electron chi connectivity index (χ4n) is 1.25. The highest BCUT2D eigenvalue weighted by Crippen LogP contribution is 2.11. The van der Waals surface area contributed by atoms with Gasteiger partial charge in [-0.1, -0.05) is 36.4 Å². The summed E-state index contributed by atoms with van der Waals surface area (Å²) in [6.45, 7) is 3.76. The molecule has 0 amide bonds. The summed E-state index contributed by atoms with van der Waals surface area (Å²) in [7, 11) is 0. The predicted molar refractivity (Wildman–Crippen MR) is 59.2 cm³/mol. The Morgan fingerprint density at radius 1 is 1.31 bits per heavy atom. The first-order chi connectivity index (χ1) is 6.36. The number of hydrogen-bond donors (Lipinski definition) is 0. The quantitative estimate of drug-likeness (QED) is 0.496. The molecule has 1 rings (SSSR count). The largest absolute Gasteiger partial charge is 0.126 e. The van der Waals surface area contributed by atoms with E-state index in [4.69, 9.17) is 11.6 Å². The maximum atomic E-state index is 5.76. The summed E-state index contributed by atoms with van der Waals surface area (Å²) in [4.78, 5) is 0. The van der Waals surface area contributed by atoms with E-state index >= 15 is 0 Å². The average molecular weight is 195 g/mol. The van der Waals surface area contributed by atoms with Crippen LogP contribution in [0.4, 0.5) is 0 Å². The number of alkyl halides is 1. The van der Waals surface area contributed by atoms with Gasteiger partial charge in [0, 0.05) is 5.88 Å². The Hall–Kier alpha value is -0.750. The third-order valence-electron chi connectivity index (χ3n) is 2.18. The third kappa shape index (κ3) is 3.65. The highest BCUT2D eigenvalue weighted by Gasteiger charge is 2.01. The predicted octanol–water partition coefficient (Wildman–Crippen LogP) is 3.66. The molecular weight excluding hydrogens is 180 g/mol. The molecule has 0 aliphatic heterocycles. The van der Waals surface area contributed by atoms with Crippen molar-refractivity contribution in [3.05, 3.63) is 48.6 Å². The van der Waals surface area contributed by atoms with Gasteiger partial charge in [-0.15, -0.1) is 18.2 Å². The van der Waals surface area contributed by atoms with Gasteiger partial charge >= 0.3 is 0 Å². The smallest absolute Gasteiger partial charge is 0.0286 e. The van der Waals surface area contributed by atoms with Gasteiger partial charge in [-0.05, 0) is 24.3 Å². The van der Waals surface area contributed by atoms with Gasteiger partial charge in [0.25, 0.3) is 0 Å². The lowest BCUT2D eigenvalue weighted by atomic mass is 10.0. The maximum Gasteiger partial charge on any atom is 0.0286 e. The molecule has 70 valence electrons. The van der Waals surface area contributed by atoms with Gasteiger partial charge in [0.1, 0.15) is 0 Å². The molecule has 0 saturated carbocycles. The molecular formula is C12H15Cl. The second-order valence-electron chi connectivity index (χ2n) is 3.17. The molecule has 0 unspecified atom stereocenters. The Balaban J connectivity index is 2.38. The van der Waals surface area contributed by atoms with Crippen molar-refractivity contribution in [2.24, 2.45) is 5.92 Å². The normalized spacial score (nSPS) is 12.4. The van der Waals surface area contributed by atoms with Gasteiger partial charge in [0.05, 0.1) is 0 Å². The monoisotopic (exact) mass is 194 g/mol. The van der Waals surface area contributed by atoms with Crippen molar-refractivity contribution >= 4 is 11.6 Å². The van der Waals surface area contributed by atoms with Gasteiger partial charge in [0.2, 0.25) is 0 Å². The summed E-state index contributed by atoms with van der Waals surface area (Å²) < 4.78 is 0. The topological polar surface area (TPSA) is 0 Å². The van der Waals surface area contributed by atoms with Gasteiger partial charge in [-0.3, -0.25) is 0 Å². The molecule has 0 aliphatic rings. The van der Waals surface area contributed by atoms with E-state index in [0.717, 1.165) is 12.8 Å². The van der Waals surface area contributed by atoms with Crippen LogP contribution in [0.5, 0.6) is 0 Å². The van der Waals surface area contributed by atoms with E-state index in [9.17, 15) is 0 Å². The molecule has 0 N–H and O–H groups in total. The molecule has 1 atom stereocenters. The highest BCUT2D eigenvalue weighted by molar-refractivity contribution is 6.18. The standard InChI is InChI=1S/C12H15Cl/c1-2-11(10-13)8-9-12-6-4-3-5-7-12/h2-7,11H,1,8-10H2/t11-/m0/s1. The number of benzene rings is 1. The van der Waals surface area contributed by atoms with Crippen molar-refractivity contribution in [3.63, 3.8) is 0 Å². The minimum absolute atomic E-state index is 0.446. The van der Waals surface area contributed by atoms with Crippen LogP contribution in [0.3, 0.4) is 0 Å². The van der Waals surface area contributed by atoms with Crippen LogP contribution in [0.2, 0.25) is 0 Å². The fourth-order valence-corrected chi connectivity index (χ4v) is 1.54. The van der Waals surface area contributed by atoms with Crippen LogP contribution in [0.25, 0.3) is 0 Å². The number of rotatable bonds is 5. The van der Waals surface area contributed by atoms with Gasteiger partial charge in [0.15, 0.2) is 0 Å². The molecule has 0 aromatic heterocycles. The summed E-state index contributed by atoms with van der Waals surface area (Å²) in [5.74, 6) is 1.12. The Bertz CT molecular complexity index is 241. The Morgan fingerprint density at radius 3 is 2.54 bits per heavy atom. The van der Waals surface area contributed by atoms with Gasteiger partial charge in [-0.2, -0.15) is 0 Å². The SMILES string of the molecule is C=C[C@H](CCl)CCc1ccccc1. The molecule has 0 spiro atoms. The molecule has 0 bridgehead atoms. The lowest BCUT2D eigenvalue weighted by Crippen LogP contribution is -1.99. The molecule has 1 heteroatoms. The molecule has 0 radical (unpaired) electrons. The summed E-state index contributed by atoms with van der Waals surface area (Å²) in [6, 6.07) is 10.5. The zero-order valence-electron chi connectivity index (χ0n) is 7.75. The van der Waals surface area contributed by atoms with Gasteiger partial charge in [-0.25, -0.2) is 0 Å². The minimum atomic E-state index is 0.446. The van der Waals surface area contributed by atoms with Crippen molar-refractivity contribution in [2.75, 3.05) is 5.88 Å². The zero-order valence-corrected chi connectivity index (χ0v) is 8.50. The summed E-state index contributed by atoms with van der Waals surface area (Å²) >= 11 is 5.76. The van der Waals surface area contributed by atoms with Crippen molar-refractivity contribution in [2.45, 2.75) is 12.8 Å². The number of allylic oxidation sites excluding steroid dienone is 1. The fraction of sp³-hybridized carbons (Fsp3) is 0.333. The molecule has 0 aliphatic carbocycles. The van der Waals surface area contributed by atoms with E-state index < -0.39 is 0 Å². The third-order valence-corrected chi connectivity index (χ3v) is 2.57. The van der Waals surface area contributed by atoms with E-state index in [-0.39, 0.29) is 0 Å². The van der Waals surface area contributed by atoms with Crippen LogP contribution < -0.4 is 0 Å². The number of aryl methyl sites for hydroxylation is 1. The molecule has 0 saturated heterocycles. The first kappa shape index (κ1) is 10.3. The lowest BCUT2D eigenvalue weighted by molar-refractivity contribution is 0.655. The minimum Gasteiger partial charge on any atom is -0.126 e.